The van der Waals surface area contributed by atoms with Crippen molar-refractivity contribution in [1.29, 1.82) is 0 Å². The number of nitrogens with one attached hydrogen (secondary N) is 1. The maximum Gasteiger partial charge on any atom is 0.269 e. The molecule has 0 unspecified atom stereocenters. The summed E-state index contributed by atoms with van der Waals surface area (Å²) in [5.74, 6) is 0. The van der Waals surface area contributed by atoms with E-state index < -0.39 is 14.9 Å². The minimum Gasteiger partial charge on any atom is -0.303 e. The number of unbranched alkanes of at least 4 members (excludes halogenated alkanes) is 1. The second kappa shape index (κ2) is 6.22. The topological polar surface area (TPSA) is 106 Å². The van der Waals surface area contributed by atoms with E-state index in [4.69, 9.17) is 0 Å². The molecule has 0 radical (unpaired) electrons. The molecule has 0 aromatic heterocycles. The summed E-state index contributed by atoms with van der Waals surface area (Å²) >= 11 is 0. The Balaban J connectivity index is 2.72. The van der Waals surface area contributed by atoms with Gasteiger partial charge in [-0.05, 0) is 18.6 Å². The van der Waals surface area contributed by atoms with Crippen LogP contribution in [0.2, 0.25) is 0 Å². The summed E-state index contributed by atoms with van der Waals surface area (Å²) in [6, 6.07) is 4.58. The molecule has 0 saturated heterocycles. The Morgan fingerprint density at radius 1 is 1.28 bits per heavy atom. The third kappa shape index (κ3) is 3.90. The maximum absolute atomic E-state index is 11.7. The molecule has 0 heterocycles. The third-order valence-electron chi connectivity index (χ3n) is 2.15. The molecule has 1 aromatic rings. The standard InChI is InChI=1S/C10H12N2O5S/c13-8-2-1-7-11-18(16,17)10-5-3-9(4-6-10)12(14)15/h3-6,8,11H,1-2,7H2. The van der Waals surface area contributed by atoms with Crippen molar-refractivity contribution in [3.63, 3.8) is 0 Å². The van der Waals surface area contributed by atoms with Gasteiger partial charge in [0.15, 0.2) is 0 Å². The fourth-order valence-corrected chi connectivity index (χ4v) is 2.30. The lowest BCUT2D eigenvalue weighted by Gasteiger charge is -2.05. The molecule has 0 aliphatic carbocycles. The summed E-state index contributed by atoms with van der Waals surface area (Å²) in [7, 11) is -3.67. The minimum absolute atomic E-state index is 0.0424. The van der Waals surface area contributed by atoms with Crippen LogP contribution in [0, 0.1) is 10.1 Å². The van der Waals surface area contributed by atoms with E-state index in [1.54, 1.807) is 0 Å². The van der Waals surface area contributed by atoms with Crippen LogP contribution in [0.15, 0.2) is 29.2 Å². The first-order chi connectivity index (χ1) is 8.47. The van der Waals surface area contributed by atoms with Crippen LogP contribution in [0.25, 0.3) is 0 Å². The van der Waals surface area contributed by atoms with E-state index in [2.05, 4.69) is 4.72 Å². The smallest absolute Gasteiger partial charge is 0.269 e. The van der Waals surface area contributed by atoms with Crippen molar-refractivity contribution in [2.75, 3.05) is 6.54 Å². The number of benzene rings is 1. The van der Waals surface area contributed by atoms with E-state index >= 15 is 0 Å². The van der Waals surface area contributed by atoms with Crippen LogP contribution in [0.3, 0.4) is 0 Å². The van der Waals surface area contributed by atoms with Gasteiger partial charge < -0.3 is 4.79 Å². The molecule has 0 spiro atoms. The summed E-state index contributed by atoms with van der Waals surface area (Å²) in [5.41, 5.74) is -0.171. The van der Waals surface area contributed by atoms with Gasteiger partial charge in [-0.25, -0.2) is 13.1 Å². The second-order valence-electron chi connectivity index (χ2n) is 3.46. The number of hydrogen-bond donors (Lipinski definition) is 1. The number of hydrogen-bond acceptors (Lipinski definition) is 5. The molecule has 0 fully saturated rings. The van der Waals surface area contributed by atoms with Crippen LogP contribution in [0.4, 0.5) is 5.69 Å². The molecular weight excluding hydrogens is 260 g/mol. The predicted molar refractivity (Wildman–Crippen MR) is 63.6 cm³/mol. The van der Waals surface area contributed by atoms with E-state index in [1.807, 2.05) is 0 Å². The lowest BCUT2D eigenvalue weighted by Crippen LogP contribution is -2.24. The molecule has 0 aliphatic rings. The number of carbonyl (C=O) groups excluding carboxylic acids is 1. The molecule has 0 atom stereocenters. The van der Waals surface area contributed by atoms with Gasteiger partial charge in [0, 0.05) is 25.1 Å². The van der Waals surface area contributed by atoms with E-state index in [-0.39, 0.29) is 23.5 Å². The summed E-state index contributed by atoms with van der Waals surface area (Å²) in [5, 5.41) is 10.4. The average molecular weight is 272 g/mol. The lowest BCUT2D eigenvalue weighted by molar-refractivity contribution is -0.384. The zero-order chi connectivity index (χ0) is 13.6. The van der Waals surface area contributed by atoms with Crippen molar-refractivity contribution in [2.45, 2.75) is 17.7 Å². The normalized spacial score (nSPS) is 11.1. The fraction of sp³-hybridized carbons (Fsp3) is 0.300. The van der Waals surface area contributed by atoms with Gasteiger partial charge in [0.05, 0.1) is 9.82 Å². The van der Waals surface area contributed by atoms with Crippen LogP contribution in [-0.2, 0) is 14.8 Å². The number of nitro groups is 1. The number of carbonyl (C=O) groups is 1. The van der Waals surface area contributed by atoms with Gasteiger partial charge in [-0.1, -0.05) is 0 Å². The Kier molecular flexibility index (Phi) is 4.93. The van der Waals surface area contributed by atoms with Gasteiger partial charge in [-0.15, -0.1) is 0 Å². The Morgan fingerprint density at radius 3 is 2.39 bits per heavy atom. The van der Waals surface area contributed by atoms with E-state index in [0.29, 0.717) is 12.7 Å². The number of aldehydes is 1. The Bertz CT molecular complexity index is 524. The highest BCUT2D eigenvalue weighted by Crippen LogP contribution is 2.15. The highest BCUT2D eigenvalue weighted by atomic mass is 32.2. The Hall–Kier alpha value is -1.80. The van der Waals surface area contributed by atoms with Crippen LogP contribution in [-0.4, -0.2) is 26.2 Å². The minimum atomic E-state index is -3.67. The van der Waals surface area contributed by atoms with Gasteiger partial charge >= 0.3 is 0 Å². The van der Waals surface area contributed by atoms with Gasteiger partial charge in [0.25, 0.3) is 5.69 Å². The molecule has 0 amide bonds. The largest absolute Gasteiger partial charge is 0.303 e. The molecule has 18 heavy (non-hydrogen) atoms. The van der Waals surface area contributed by atoms with Gasteiger partial charge in [-0.2, -0.15) is 0 Å². The van der Waals surface area contributed by atoms with E-state index in [1.165, 1.54) is 12.1 Å². The van der Waals surface area contributed by atoms with Gasteiger partial charge in [-0.3, -0.25) is 10.1 Å². The first kappa shape index (κ1) is 14.3. The van der Waals surface area contributed by atoms with Crippen molar-refractivity contribution in [3.05, 3.63) is 34.4 Å². The molecule has 7 nitrogen and oxygen atoms in total. The number of sulfonamides is 1. The molecule has 8 heteroatoms. The lowest BCUT2D eigenvalue weighted by atomic mass is 10.3. The number of nitrogens with zero attached hydrogens (tertiary/aromatic N) is 1. The molecular formula is C10H12N2O5S. The number of rotatable bonds is 7. The highest BCUT2D eigenvalue weighted by Gasteiger charge is 2.14. The van der Waals surface area contributed by atoms with Crippen LogP contribution < -0.4 is 4.72 Å². The van der Waals surface area contributed by atoms with E-state index in [9.17, 15) is 23.3 Å². The summed E-state index contributed by atoms with van der Waals surface area (Å²) in [4.78, 5) is 19.8. The SMILES string of the molecule is O=CCCCNS(=O)(=O)c1ccc([N+](=O)[O-])cc1. The highest BCUT2D eigenvalue weighted by molar-refractivity contribution is 7.89. The van der Waals surface area contributed by atoms with Crippen LogP contribution in [0.5, 0.6) is 0 Å². The number of non-ortho nitro benzene ring substituents is 1. The Morgan fingerprint density at radius 2 is 1.89 bits per heavy atom. The average Bonchev–Trinajstić information content (AvgIpc) is 2.35. The molecule has 1 rings (SSSR count). The van der Waals surface area contributed by atoms with Crippen molar-refractivity contribution >= 4 is 22.0 Å². The van der Waals surface area contributed by atoms with Gasteiger partial charge in [0.2, 0.25) is 10.0 Å². The molecule has 0 aliphatic heterocycles. The van der Waals surface area contributed by atoms with Crippen molar-refractivity contribution in [3.8, 4) is 0 Å². The molecule has 98 valence electrons. The maximum atomic E-state index is 11.7. The monoisotopic (exact) mass is 272 g/mol. The van der Waals surface area contributed by atoms with Crippen LogP contribution in [0.1, 0.15) is 12.8 Å². The van der Waals surface area contributed by atoms with Crippen molar-refractivity contribution < 1.29 is 18.1 Å². The van der Waals surface area contributed by atoms with Crippen molar-refractivity contribution in [1.82, 2.24) is 4.72 Å². The van der Waals surface area contributed by atoms with E-state index in [0.717, 1.165) is 12.1 Å². The van der Waals surface area contributed by atoms with Crippen LogP contribution >= 0.6 is 0 Å². The summed E-state index contributed by atoms with van der Waals surface area (Å²) in [6.07, 6.45) is 1.40. The zero-order valence-electron chi connectivity index (χ0n) is 9.40. The molecule has 0 bridgehead atoms. The van der Waals surface area contributed by atoms with Gasteiger partial charge in [0.1, 0.15) is 6.29 Å². The third-order valence-corrected chi connectivity index (χ3v) is 3.63. The Labute approximate surface area is 104 Å². The summed E-state index contributed by atoms with van der Waals surface area (Å²) in [6.45, 7) is 0.151. The first-order valence-corrected chi connectivity index (χ1v) is 6.63. The molecule has 0 saturated carbocycles. The quantitative estimate of drug-likeness (QED) is 0.343. The van der Waals surface area contributed by atoms with Crippen molar-refractivity contribution in [2.24, 2.45) is 0 Å². The predicted octanol–water partition coefficient (Wildman–Crippen LogP) is 0.852. The first-order valence-electron chi connectivity index (χ1n) is 5.15. The zero-order valence-corrected chi connectivity index (χ0v) is 10.2. The molecule has 1 N–H and O–H groups in total. The summed E-state index contributed by atoms with van der Waals surface area (Å²) < 4.78 is 25.7. The molecule has 1 aromatic carbocycles. The second-order valence-corrected chi connectivity index (χ2v) is 5.22. The number of nitro benzene ring substituents is 1. The fourth-order valence-electron chi connectivity index (χ4n) is 1.22.